The number of carbonyl (C=O) groups is 1. The summed E-state index contributed by atoms with van der Waals surface area (Å²) in [5.41, 5.74) is 2.33. The first-order chi connectivity index (χ1) is 16.0. The number of carbonyl (C=O) groups excluding carboxylic acids is 1. The van der Waals surface area contributed by atoms with Gasteiger partial charge in [0, 0.05) is 18.7 Å². The number of nitrogens with one attached hydrogen (secondary N) is 2. The van der Waals surface area contributed by atoms with E-state index in [1.54, 1.807) is 23.8 Å². The first kappa shape index (κ1) is 29.8. The average Bonchev–Trinajstić information content (AvgIpc) is 3.26. The van der Waals surface area contributed by atoms with Gasteiger partial charge in [0.2, 0.25) is 15.9 Å². The van der Waals surface area contributed by atoms with Gasteiger partial charge in [-0.15, -0.1) is 0 Å². The van der Waals surface area contributed by atoms with E-state index >= 15 is 0 Å². The Morgan fingerprint density at radius 1 is 1.26 bits per heavy atom. The van der Waals surface area contributed by atoms with E-state index in [4.69, 9.17) is 15.1 Å². The monoisotopic (exact) mass is 514 g/mol. The van der Waals surface area contributed by atoms with E-state index in [9.17, 15) is 13.2 Å². The highest BCUT2D eigenvalue weighted by molar-refractivity contribution is 7.89. The number of nitrogens with two attached hydrogens (primary N) is 1. The van der Waals surface area contributed by atoms with Crippen molar-refractivity contribution in [1.82, 2.24) is 10.5 Å². The number of hydrogen-bond donors (Lipinski definition) is 4. The summed E-state index contributed by atoms with van der Waals surface area (Å²) < 4.78 is 28.6. The Morgan fingerprint density at radius 2 is 1.97 bits per heavy atom. The molecule has 0 saturated carbocycles. The molecule has 2 unspecified atom stereocenters. The number of ether oxygens (including phenoxy) is 1. The lowest BCUT2D eigenvalue weighted by molar-refractivity contribution is -0.129. The lowest BCUT2D eigenvalue weighted by Crippen LogP contribution is -2.17. The summed E-state index contributed by atoms with van der Waals surface area (Å²) in [6.07, 6.45) is 7.40. The van der Waals surface area contributed by atoms with E-state index in [1.165, 1.54) is 24.5 Å². The molecule has 0 aliphatic carbocycles. The van der Waals surface area contributed by atoms with Gasteiger partial charge in [-0.05, 0) is 49.4 Å². The van der Waals surface area contributed by atoms with Crippen molar-refractivity contribution in [3.63, 3.8) is 0 Å². The minimum absolute atomic E-state index is 0.0273. The standard InChI is InChI=1S/C17H25N3O3S2.C6H13NO2/c1-5-11(2)8-12(3)20-17-19-10-15(24-17)13-6-7-14(23-4)16(9-13)25(18,21)22;1-2-3-4-5-6(8)7-9/h6-7,9-12H,5,8H2,1-4H3,(H,19,20)(H2,18,21,22);9H,2-5H2,1H3,(H,7,8). The number of primary sulfonamides is 1. The van der Waals surface area contributed by atoms with Gasteiger partial charge in [-0.25, -0.2) is 24.0 Å². The predicted octanol–water partition coefficient (Wildman–Crippen LogP) is 4.77. The molecule has 5 N–H and O–H groups in total. The zero-order valence-electron chi connectivity index (χ0n) is 20.6. The first-order valence-electron chi connectivity index (χ1n) is 11.4. The molecule has 0 bridgehead atoms. The van der Waals surface area contributed by atoms with Crippen molar-refractivity contribution in [2.45, 2.75) is 77.2 Å². The molecule has 0 fully saturated rings. The van der Waals surface area contributed by atoms with Crippen molar-refractivity contribution in [3.05, 3.63) is 24.4 Å². The average molecular weight is 515 g/mol. The van der Waals surface area contributed by atoms with E-state index in [-0.39, 0.29) is 16.6 Å². The predicted molar refractivity (Wildman–Crippen MR) is 137 cm³/mol. The number of aromatic nitrogens is 1. The molecule has 0 saturated heterocycles. The van der Waals surface area contributed by atoms with Crippen LogP contribution in [0.5, 0.6) is 5.75 Å². The quantitative estimate of drug-likeness (QED) is 0.181. The molecule has 1 heterocycles. The molecule has 0 spiro atoms. The van der Waals surface area contributed by atoms with Crippen LogP contribution >= 0.6 is 11.3 Å². The van der Waals surface area contributed by atoms with Crippen LogP contribution in [0, 0.1) is 5.92 Å². The summed E-state index contributed by atoms with van der Waals surface area (Å²) in [5, 5.41) is 17.5. The normalized spacial score (nSPS) is 12.8. The number of benzene rings is 1. The largest absolute Gasteiger partial charge is 0.495 e. The van der Waals surface area contributed by atoms with Crippen molar-refractivity contribution in [3.8, 4) is 16.2 Å². The van der Waals surface area contributed by atoms with Crippen LogP contribution in [0.25, 0.3) is 10.4 Å². The Kier molecular flexibility index (Phi) is 13.1. The molecule has 1 aromatic carbocycles. The number of nitrogens with zero attached hydrogens (tertiary/aromatic N) is 1. The summed E-state index contributed by atoms with van der Waals surface area (Å²) >= 11 is 1.48. The van der Waals surface area contributed by atoms with Gasteiger partial charge in [-0.2, -0.15) is 0 Å². The summed E-state index contributed by atoms with van der Waals surface area (Å²) in [7, 11) is -2.45. The molecule has 192 valence electrons. The summed E-state index contributed by atoms with van der Waals surface area (Å²) in [5.74, 6) is 0.598. The van der Waals surface area contributed by atoms with Gasteiger partial charge in [-0.1, -0.05) is 51.4 Å². The molecule has 1 amide bonds. The van der Waals surface area contributed by atoms with Gasteiger partial charge >= 0.3 is 0 Å². The number of methoxy groups -OCH3 is 1. The fourth-order valence-corrected chi connectivity index (χ4v) is 4.81. The fraction of sp³-hybridized carbons (Fsp3) is 0.565. The number of hydrogen-bond acceptors (Lipinski definition) is 8. The summed E-state index contributed by atoms with van der Waals surface area (Å²) in [4.78, 5) is 15.6. The van der Waals surface area contributed by atoms with Crippen molar-refractivity contribution in [2.24, 2.45) is 11.1 Å². The Balaban J connectivity index is 0.000000546. The molecule has 2 rings (SSSR count). The van der Waals surface area contributed by atoms with Crippen molar-refractivity contribution >= 4 is 32.4 Å². The summed E-state index contributed by atoms with van der Waals surface area (Å²) in [6, 6.07) is 5.25. The third kappa shape index (κ3) is 10.4. The zero-order chi connectivity index (χ0) is 25.7. The maximum atomic E-state index is 11.8. The maximum absolute atomic E-state index is 11.8. The first-order valence-corrected chi connectivity index (χ1v) is 13.8. The van der Waals surface area contributed by atoms with Gasteiger partial charge in [-0.3, -0.25) is 10.0 Å². The second-order valence-corrected chi connectivity index (χ2v) is 10.8. The number of amides is 1. The highest BCUT2D eigenvalue weighted by Gasteiger charge is 2.17. The molecule has 0 radical (unpaired) electrons. The minimum atomic E-state index is -3.86. The van der Waals surface area contributed by atoms with Crippen molar-refractivity contribution in [1.29, 1.82) is 0 Å². The van der Waals surface area contributed by atoms with E-state index in [2.05, 4.69) is 38.0 Å². The van der Waals surface area contributed by atoms with Gasteiger partial charge in [0.05, 0.1) is 12.0 Å². The van der Waals surface area contributed by atoms with E-state index < -0.39 is 10.0 Å². The molecule has 2 aromatic rings. The molecule has 1 aromatic heterocycles. The van der Waals surface area contributed by atoms with Crippen molar-refractivity contribution in [2.75, 3.05) is 12.4 Å². The fourth-order valence-electron chi connectivity index (χ4n) is 3.16. The van der Waals surface area contributed by atoms with Crippen LogP contribution in [0.2, 0.25) is 0 Å². The van der Waals surface area contributed by atoms with Crippen LogP contribution in [0.15, 0.2) is 29.3 Å². The Bertz CT molecular complexity index is 995. The third-order valence-electron chi connectivity index (χ3n) is 5.22. The lowest BCUT2D eigenvalue weighted by atomic mass is 10.0. The number of rotatable bonds is 12. The number of sulfonamides is 1. The lowest BCUT2D eigenvalue weighted by Gasteiger charge is -2.16. The molecule has 11 heteroatoms. The highest BCUT2D eigenvalue weighted by Crippen LogP contribution is 2.34. The molecule has 34 heavy (non-hydrogen) atoms. The van der Waals surface area contributed by atoms with Crippen LogP contribution < -0.4 is 20.7 Å². The third-order valence-corrected chi connectivity index (χ3v) is 7.12. The molecular weight excluding hydrogens is 476 g/mol. The molecule has 0 aliphatic rings. The number of thiazole rings is 1. The van der Waals surface area contributed by atoms with Crippen LogP contribution in [0.3, 0.4) is 0 Å². The van der Waals surface area contributed by atoms with Crippen LogP contribution in [-0.4, -0.2) is 37.7 Å². The summed E-state index contributed by atoms with van der Waals surface area (Å²) in [6.45, 7) is 8.62. The Labute approximate surface area is 207 Å². The van der Waals surface area contributed by atoms with E-state index in [1.807, 2.05) is 0 Å². The topological polar surface area (TPSA) is 144 Å². The Morgan fingerprint density at radius 3 is 2.53 bits per heavy atom. The SMILES string of the molecule is CCC(C)CC(C)Nc1ncc(-c2ccc(OC)c(S(N)(=O)=O)c2)s1.CCCCCC(=O)NO. The van der Waals surface area contributed by atoms with Crippen LogP contribution in [0.1, 0.15) is 66.2 Å². The molecular formula is C23H38N4O5S2. The smallest absolute Gasteiger partial charge is 0.243 e. The number of hydroxylamine groups is 1. The Hall–Kier alpha value is -2.21. The van der Waals surface area contributed by atoms with Gasteiger partial charge in [0.1, 0.15) is 10.6 Å². The van der Waals surface area contributed by atoms with Crippen LogP contribution in [-0.2, 0) is 14.8 Å². The molecule has 2 atom stereocenters. The van der Waals surface area contributed by atoms with Crippen molar-refractivity contribution < 1.29 is 23.2 Å². The second-order valence-electron chi connectivity index (χ2n) is 8.23. The number of anilines is 1. The second kappa shape index (κ2) is 14.9. The van der Waals surface area contributed by atoms with Crippen LogP contribution in [0.4, 0.5) is 5.13 Å². The molecule has 9 nitrogen and oxygen atoms in total. The van der Waals surface area contributed by atoms with Gasteiger partial charge in [0.15, 0.2) is 5.13 Å². The van der Waals surface area contributed by atoms with Gasteiger partial charge < -0.3 is 10.1 Å². The maximum Gasteiger partial charge on any atom is 0.243 e. The number of unbranched alkanes of at least 4 members (excludes halogenated alkanes) is 2. The van der Waals surface area contributed by atoms with E-state index in [0.29, 0.717) is 18.4 Å². The minimum Gasteiger partial charge on any atom is -0.495 e. The highest BCUT2D eigenvalue weighted by atomic mass is 32.2. The van der Waals surface area contributed by atoms with Gasteiger partial charge in [0.25, 0.3) is 0 Å². The molecule has 0 aliphatic heterocycles. The zero-order valence-corrected chi connectivity index (χ0v) is 22.3. The van der Waals surface area contributed by atoms with E-state index in [0.717, 1.165) is 47.7 Å².